The van der Waals surface area contributed by atoms with Gasteiger partial charge in [-0.3, -0.25) is 4.79 Å². The number of fused-ring (bicyclic) bond motifs is 1. The van der Waals surface area contributed by atoms with E-state index in [1.807, 2.05) is 12.1 Å². The minimum absolute atomic E-state index is 0.0951. The Morgan fingerprint density at radius 2 is 2.00 bits per heavy atom. The lowest BCUT2D eigenvalue weighted by Crippen LogP contribution is -2.02. The molecule has 2 aromatic carbocycles. The van der Waals surface area contributed by atoms with Crippen molar-refractivity contribution in [2.45, 2.75) is 13.5 Å². The maximum Gasteiger partial charge on any atom is 0.231 e. The quantitative estimate of drug-likeness (QED) is 0.723. The molecule has 0 fully saturated rings. The highest BCUT2D eigenvalue weighted by Gasteiger charge is 2.17. The van der Waals surface area contributed by atoms with Gasteiger partial charge in [0.2, 0.25) is 6.79 Å². The smallest absolute Gasteiger partial charge is 0.231 e. The molecule has 0 saturated heterocycles. The molecule has 0 aliphatic carbocycles. The Bertz CT molecular complexity index is 745. The Labute approximate surface area is 141 Å². The molecule has 1 heterocycles. The van der Waals surface area contributed by atoms with Crippen molar-refractivity contribution in [2.75, 3.05) is 6.79 Å². The fourth-order valence-corrected chi connectivity index (χ4v) is 2.74. The van der Waals surface area contributed by atoms with Gasteiger partial charge in [-0.2, -0.15) is 0 Å². The predicted molar refractivity (Wildman–Crippen MR) is 86.1 cm³/mol. The van der Waals surface area contributed by atoms with E-state index in [1.54, 1.807) is 18.2 Å². The average molecular weight is 384 g/mol. The number of Topliss-reactive ketones (excluding diaryl/α,β-unsaturated/α-hetero) is 1. The normalized spacial score (nSPS) is 12.3. The van der Waals surface area contributed by atoms with Crippen molar-refractivity contribution in [3.8, 4) is 17.2 Å². The van der Waals surface area contributed by atoms with Crippen LogP contribution in [0.4, 0.5) is 0 Å². The number of hydrogen-bond acceptors (Lipinski definition) is 4. The van der Waals surface area contributed by atoms with E-state index in [1.165, 1.54) is 6.92 Å². The number of carbonyl (C=O) groups is 1. The second-order valence-corrected chi connectivity index (χ2v) is 6.07. The van der Waals surface area contributed by atoms with Crippen LogP contribution in [0.1, 0.15) is 22.8 Å². The maximum atomic E-state index is 11.7. The van der Waals surface area contributed by atoms with Crippen molar-refractivity contribution in [1.29, 1.82) is 0 Å². The molecule has 0 spiro atoms. The van der Waals surface area contributed by atoms with Crippen molar-refractivity contribution >= 4 is 33.3 Å². The first-order valence-electron chi connectivity index (χ1n) is 6.56. The van der Waals surface area contributed by atoms with Gasteiger partial charge in [-0.25, -0.2) is 0 Å². The molecule has 0 aromatic heterocycles. The minimum atomic E-state index is -0.0951. The van der Waals surface area contributed by atoms with Gasteiger partial charge in [0.1, 0.15) is 12.4 Å². The van der Waals surface area contributed by atoms with E-state index in [0.29, 0.717) is 34.4 Å². The van der Waals surface area contributed by atoms with E-state index in [0.717, 1.165) is 10.0 Å². The van der Waals surface area contributed by atoms with Crippen LogP contribution in [-0.2, 0) is 6.61 Å². The van der Waals surface area contributed by atoms with Gasteiger partial charge in [0.15, 0.2) is 17.3 Å². The maximum absolute atomic E-state index is 11.7. The van der Waals surface area contributed by atoms with Gasteiger partial charge in [0.05, 0.1) is 5.56 Å². The fourth-order valence-electron chi connectivity index (χ4n) is 2.13. The van der Waals surface area contributed by atoms with Gasteiger partial charge in [0.25, 0.3) is 0 Å². The number of rotatable bonds is 4. The highest BCUT2D eigenvalue weighted by molar-refractivity contribution is 9.10. The lowest BCUT2D eigenvalue weighted by molar-refractivity contribution is 0.101. The predicted octanol–water partition coefficient (Wildman–Crippen LogP) is 4.61. The minimum Gasteiger partial charge on any atom is -0.488 e. The summed E-state index contributed by atoms with van der Waals surface area (Å²) in [5.41, 5.74) is 1.36. The van der Waals surface area contributed by atoms with Crippen LogP contribution < -0.4 is 14.2 Å². The summed E-state index contributed by atoms with van der Waals surface area (Å²) in [6.07, 6.45) is 0. The van der Waals surface area contributed by atoms with E-state index >= 15 is 0 Å². The molecular formula is C16H12BrClO4. The van der Waals surface area contributed by atoms with Gasteiger partial charge < -0.3 is 14.2 Å². The van der Waals surface area contributed by atoms with Crippen LogP contribution in [0.5, 0.6) is 17.2 Å². The number of ether oxygens (including phenoxy) is 3. The van der Waals surface area contributed by atoms with Crippen LogP contribution >= 0.6 is 27.5 Å². The van der Waals surface area contributed by atoms with Crippen LogP contribution in [0.2, 0.25) is 5.02 Å². The van der Waals surface area contributed by atoms with Crippen LogP contribution in [0.25, 0.3) is 0 Å². The molecule has 1 aliphatic rings. The van der Waals surface area contributed by atoms with Crippen molar-refractivity contribution in [2.24, 2.45) is 0 Å². The first kappa shape index (κ1) is 15.2. The van der Waals surface area contributed by atoms with Gasteiger partial charge in [-0.15, -0.1) is 0 Å². The molecule has 1 aliphatic heterocycles. The summed E-state index contributed by atoms with van der Waals surface area (Å²) in [6.45, 7) is 1.99. The largest absolute Gasteiger partial charge is 0.488 e. The first-order chi connectivity index (χ1) is 10.5. The summed E-state index contributed by atoms with van der Waals surface area (Å²) in [7, 11) is 0. The van der Waals surface area contributed by atoms with Crippen molar-refractivity contribution < 1.29 is 19.0 Å². The van der Waals surface area contributed by atoms with Crippen molar-refractivity contribution in [3.63, 3.8) is 0 Å². The highest BCUT2D eigenvalue weighted by atomic mass is 79.9. The van der Waals surface area contributed by atoms with Crippen molar-refractivity contribution in [1.82, 2.24) is 0 Å². The zero-order valence-corrected chi connectivity index (χ0v) is 14.0. The Morgan fingerprint density at radius 3 is 2.73 bits per heavy atom. The topological polar surface area (TPSA) is 44.8 Å². The molecule has 6 heteroatoms. The van der Waals surface area contributed by atoms with Crippen LogP contribution in [-0.4, -0.2) is 12.6 Å². The van der Waals surface area contributed by atoms with Gasteiger partial charge >= 0.3 is 0 Å². The fraction of sp³-hybridized carbons (Fsp3) is 0.188. The Kier molecular flexibility index (Phi) is 4.27. The Balaban J connectivity index is 1.83. The third-order valence-electron chi connectivity index (χ3n) is 3.25. The lowest BCUT2D eigenvalue weighted by atomic mass is 10.1. The molecule has 0 saturated carbocycles. The molecule has 4 nitrogen and oxygen atoms in total. The zero-order chi connectivity index (χ0) is 15.7. The summed E-state index contributed by atoms with van der Waals surface area (Å²) in [6, 6.07) is 8.69. The lowest BCUT2D eigenvalue weighted by Gasteiger charge is -2.12. The standard InChI is InChI=1S/C16H12BrClO4/c1-9(19)12-5-11(18)2-3-14(12)20-7-10-4-15-16(6-13(10)17)22-8-21-15/h2-6H,7-8H2,1H3. The second kappa shape index (κ2) is 6.18. The highest BCUT2D eigenvalue weighted by Crippen LogP contribution is 2.37. The molecular weight excluding hydrogens is 372 g/mol. The Hall–Kier alpha value is -1.72. The zero-order valence-electron chi connectivity index (χ0n) is 11.7. The van der Waals surface area contributed by atoms with E-state index in [4.69, 9.17) is 25.8 Å². The third kappa shape index (κ3) is 3.05. The molecule has 0 atom stereocenters. The molecule has 0 bridgehead atoms. The number of halogens is 2. The monoisotopic (exact) mass is 382 g/mol. The van der Waals surface area contributed by atoms with E-state index in [-0.39, 0.29) is 12.6 Å². The molecule has 22 heavy (non-hydrogen) atoms. The van der Waals surface area contributed by atoms with Gasteiger partial charge in [-0.1, -0.05) is 27.5 Å². The first-order valence-corrected chi connectivity index (χ1v) is 7.73. The molecule has 0 amide bonds. The molecule has 0 radical (unpaired) electrons. The number of benzene rings is 2. The Morgan fingerprint density at radius 1 is 1.27 bits per heavy atom. The molecule has 3 rings (SSSR count). The SMILES string of the molecule is CC(=O)c1cc(Cl)ccc1OCc1cc2c(cc1Br)OCO2. The van der Waals surface area contributed by atoms with Crippen LogP contribution in [0.15, 0.2) is 34.8 Å². The van der Waals surface area contributed by atoms with E-state index in [2.05, 4.69) is 15.9 Å². The summed E-state index contributed by atoms with van der Waals surface area (Å²) in [4.78, 5) is 11.7. The van der Waals surface area contributed by atoms with Crippen LogP contribution in [0, 0.1) is 0 Å². The summed E-state index contributed by atoms with van der Waals surface area (Å²) >= 11 is 9.40. The van der Waals surface area contributed by atoms with Gasteiger partial charge in [-0.05, 0) is 37.3 Å². The summed E-state index contributed by atoms with van der Waals surface area (Å²) < 4.78 is 17.3. The average Bonchev–Trinajstić information content (AvgIpc) is 2.92. The van der Waals surface area contributed by atoms with E-state index < -0.39 is 0 Å². The third-order valence-corrected chi connectivity index (χ3v) is 4.22. The second-order valence-electron chi connectivity index (χ2n) is 4.78. The molecule has 2 aromatic rings. The molecule has 0 N–H and O–H groups in total. The van der Waals surface area contributed by atoms with E-state index in [9.17, 15) is 4.79 Å². The van der Waals surface area contributed by atoms with Crippen LogP contribution in [0.3, 0.4) is 0 Å². The van der Waals surface area contributed by atoms with Gasteiger partial charge in [0, 0.05) is 15.1 Å². The van der Waals surface area contributed by atoms with Crippen molar-refractivity contribution in [3.05, 3.63) is 51.0 Å². The number of hydrogen-bond donors (Lipinski definition) is 0. The summed E-state index contributed by atoms with van der Waals surface area (Å²) in [5.74, 6) is 1.79. The number of carbonyl (C=O) groups excluding carboxylic acids is 1. The molecule has 114 valence electrons. The molecule has 0 unspecified atom stereocenters. The number of ketones is 1. The summed E-state index contributed by atoms with van der Waals surface area (Å²) in [5, 5.41) is 0.502.